The summed E-state index contributed by atoms with van der Waals surface area (Å²) < 4.78 is 2.58. The van der Waals surface area contributed by atoms with Gasteiger partial charge in [-0.3, -0.25) is 0 Å². The van der Waals surface area contributed by atoms with Crippen molar-refractivity contribution in [2.45, 2.75) is 24.6 Å². The predicted molar refractivity (Wildman–Crippen MR) is 94.4 cm³/mol. The largest absolute Gasteiger partial charge is 0.0966 e. The van der Waals surface area contributed by atoms with Gasteiger partial charge >= 0.3 is 0 Å². The van der Waals surface area contributed by atoms with Crippen LogP contribution in [0.3, 0.4) is 0 Å². The third-order valence-corrected chi connectivity index (χ3v) is 9.10. The first-order chi connectivity index (χ1) is 8.54. The van der Waals surface area contributed by atoms with Crippen molar-refractivity contribution in [3.63, 3.8) is 0 Å². The van der Waals surface area contributed by atoms with E-state index < -0.39 is 0 Å². The van der Waals surface area contributed by atoms with Crippen LogP contribution in [0.4, 0.5) is 0 Å². The lowest BCUT2D eigenvalue weighted by Gasteiger charge is -2.30. The molecule has 96 valence electrons. The average Bonchev–Trinajstić information content (AvgIpc) is 2.31. The normalized spacial score (nSPS) is 31.8. The molecule has 3 aliphatic rings. The van der Waals surface area contributed by atoms with Crippen LogP contribution in [-0.2, 0) is 0 Å². The Morgan fingerprint density at radius 2 is 1.61 bits per heavy atom. The van der Waals surface area contributed by atoms with Crippen LogP contribution < -0.4 is 0 Å². The van der Waals surface area contributed by atoms with Crippen LogP contribution in [-0.4, -0.2) is 4.83 Å². The molecule has 0 saturated heterocycles. The van der Waals surface area contributed by atoms with Crippen molar-refractivity contribution in [1.29, 1.82) is 0 Å². The van der Waals surface area contributed by atoms with Gasteiger partial charge in [0, 0.05) is 24.1 Å². The maximum absolute atomic E-state index is 3.72. The van der Waals surface area contributed by atoms with Gasteiger partial charge in [0.15, 0.2) is 0 Å². The molecule has 0 N–H and O–H groups in total. The van der Waals surface area contributed by atoms with Crippen molar-refractivity contribution in [3.8, 4) is 0 Å². The zero-order valence-electron chi connectivity index (χ0n) is 9.67. The average molecular weight is 471 g/mol. The van der Waals surface area contributed by atoms with Gasteiger partial charge in [0.05, 0.1) is 4.83 Å². The number of hydrogen-bond acceptors (Lipinski definition) is 2. The van der Waals surface area contributed by atoms with Crippen molar-refractivity contribution in [2.24, 2.45) is 5.92 Å². The van der Waals surface area contributed by atoms with Crippen molar-refractivity contribution in [1.82, 2.24) is 0 Å². The van der Waals surface area contributed by atoms with Crippen LogP contribution in [0.1, 0.15) is 19.8 Å². The highest BCUT2D eigenvalue weighted by Gasteiger charge is 2.29. The van der Waals surface area contributed by atoms with Crippen molar-refractivity contribution >= 4 is 71.3 Å². The van der Waals surface area contributed by atoms with Gasteiger partial charge < -0.3 is 0 Å². The summed E-state index contributed by atoms with van der Waals surface area (Å²) in [6, 6.07) is 0. The van der Waals surface area contributed by atoms with E-state index in [-0.39, 0.29) is 0 Å². The number of hydrogen-bond donors (Lipinski definition) is 0. The smallest absolute Gasteiger partial charge is 0.0507 e. The minimum Gasteiger partial charge on any atom is -0.0966 e. The monoisotopic (exact) mass is 468 g/mol. The van der Waals surface area contributed by atoms with Gasteiger partial charge in [-0.05, 0) is 35.4 Å². The SMILES string of the molecule is CC1CC2=C(C=C1Br)SC1=C(CC(Br)C(Br)=C1)S2. The van der Waals surface area contributed by atoms with E-state index in [0.29, 0.717) is 10.7 Å². The molecule has 0 amide bonds. The van der Waals surface area contributed by atoms with Gasteiger partial charge in [0.25, 0.3) is 0 Å². The molecule has 0 saturated carbocycles. The zero-order chi connectivity index (χ0) is 12.9. The summed E-state index contributed by atoms with van der Waals surface area (Å²) in [6.45, 7) is 2.28. The molecule has 0 spiro atoms. The summed E-state index contributed by atoms with van der Waals surface area (Å²) in [4.78, 5) is 6.33. The Bertz CT molecular complexity index is 482. The summed E-state index contributed by atoms with van der Waals surface area (Å²) in [6.07, 6.45) is 6.82. The molecule has 0 fully saturated rings. The standard InChI is InChI=1S/C13H11Br3S2/c1-6-2-10-11(3-7(6)14)18-13-5-9(16)8(15)4-12(13)17-10/h3,5-6,8H,2,4H2,1H3. The van der Waals surface area contributed by atoms with E-state index in [0.717, 1.165) is 6.42 Å². The molecule has 0 radical (unpaired) electrons. The maximum atomic E-state index is 3.72. The third-order valence-electron chi connectivity index (χ3n) is 3.18. The van der Waals surface area contributed by atoms with E-state index in [1.807, 2.05) is 23.5 Å². The molecule has 0 aromatic carbocycles. The second-order valence-corrected chi connectivity index (χ2v) is 9.82. The van der Waals surface area contributed by atoms with E-state index in [1.165, 1.54) is 30.1 Å². The van der Waals surface area contributed by atoms with Crippen LogP contribution in [0.5, 0.6) is 0 Å². The second kappa shape index (κ2) is 5.47. The molecule has 5 heteroatoms. The molecular weight excluding hydrogens is 460 g/mol. The van der Waals surface area contributed by atoms with Crippen LogP contribution in [0.2, 0.25) is 0 Å². The second-order valence-electron chi connectivity index (χ2n) is 4.61. The van der Waals surface area contributed by atoms with Crippen molar-refractivity contribution in [2.75, 3.05) is 0 Å². The Morgan fingerprint density at radius 1 is 1.00 bits per heavy atom. The first kappa shape index (κ1) is 14.1. The Balaban J connectivity index is 1.91. The third kappa shape index (κ3) is 2.62. The Kier molecular flexibility index (Phi) is 4.27. The zero-order valence-corrected chi connectivity index (χ0v) is 16.1. The predicted octanol–water partition coefficient (Wildman–Crippen LogP) is 6.65. The fourth-order valence-electron chi connectivity index (χ4n) is 2.11. The molecule has 3 rings (SSSR count). The quantitative estimate of drug-likeness (QED) is 0.363. The molecule has 2 atom stereocenters. The molecule has 1 aliphatic heterocycles. The minimum atomic E-state index is 0.440. The number of alkyl halides is 1. The van der Waals surface area contributed by atoms with Crippen LogP contribution >= 0.6 is 71.3 Å². The van der Waals surface area contributed by atoms with E-state index in [4.69, 9.17) is 0 Å². The van der Waals surface area contributed by atoms with Gasteiger partial charge in [-0.1, -0.05) is 78.2 Å². The highest BCUT2D eigenvalue weighted by Crippen LogP contribution is 2.55. The van der Waals surface area contributed by atoms with E-state index in [9.17, 15) is 0 Å². The number of allylic oxidation sites excluding steroid dienone is 6. The topological polar surface area (TPSA) is 0 Å². The molecule has 0 aromatic rings. The van der Waals surface area contributed by atoms with Crippen LogP contribution in [0, 0.1) is 5.92 Å². The fraction of sp³-hybridized carbons (Fsp3) is 0.385. The lowest BCUT2D eigenvalue weighted by atomic mass is 10.0. The number of rotatable bonds is 0. The van der Waals surface area contributed by atoms with Gasteiger partial charge in [0.1, 0.15) is 0 Å². The summed E-state index contributed by atoms with van der Waals surface area (Å²) in [5.74, 6) is 0.615. The van der Waals surface area contributed by atoms with Gasteiger partial charge in [-0.25, -0.2) is 0 Å². The van der Waals surface area contributed by atoms with E-state index in [1.54, 1.807) is 4.91 Å². The molecule has 18 heavy (non-hydrogen) atoms. The van der Waals surface area contributed by atoms with E-state index >= 15 is 0 Å². The maximum Gasteiger partial charge on any atom is 0.0507 e. The number of thioether (sulfide) groups is 2. The molecule has 1 heterocycles. The molecule has 0 nitrogen and oxygen atoms in total. The molecule has 2 aliphatic carbocycles. The highest BCUT2D eigenvalue weighted by atomic mass is 79.9. The summed E-state index contributed by atoms with van der Waals surface area (Å²) in [5.41, 5.74) is 0. The Labute approximate surface area is 141 Å². The van der Waals surface area contributed by atoms with E-state index in [2.05, 4.69) is 66.9 Å². The fourth-order valence-corrected chi connectivity index (χ4v) is 6.56. The molecular formula is C13H11Br3S2. The lowest BCUT2D eigenvalue weighted by Crippen LogP contribution is -2.10. The highest BCUT2D eigenvalue weighted by molar-refractivity contribution is 9.14. The van der Waals surface area contributed by atoms with Gasteiger partial charge in [-0.15, -0.1) is 0 Å². The van der Waals surface area contributed by atoms with Crippen molar-refractivity contribution in [3.05, 3.63) is 40.7 Å². The van der Waals surface area contributed by atoms with Gasteiger partial charge in [0.2, 0.25) is 0 Å². The first-order valence-corrected chi connectivity index (χ1v) is 9.88. The molecule has 0 aromatic heterocycles. The molecule has 2 unspecified atom stereocenters. The Hall–Kier alpha value is 1.10. The van der Waals surface area contributed by atoms with Crippen LogP contribution in [0.15, 0.2) is 40.7 Å². The Morgan fingerprint density at radius 3 is 2.33 bits per heavy atom. The summed E-state index contributed by atoms with van der Waals surface area (Å²) >= 11 is 14.9. The van der Waals surface area contributed by atoms with Gasteiger partial charge in [-0.2, -0.15) is 0 Å². The summed E-state index contributed by atoms with van der Waals surface area (Å²) in [5, 5.41) is 0. The van der Waals surface area contributed by atoms with Crippen LogP contribution in [0.25, 0.3) is 0 Å². The minimum absolute atomic E-state index is 0.440. The molecule has 0 bridgehead atoms. The first-order valence-electron chi connectivity index (χ1n) is 5.75. The van der Waals surface area contributed by atoms with Crippen molar-refractivity contribution < 1.29 is 0 Å². The number of halogens is 3. The summed E-state index contributed by atoms with van der Waals surface area (Å²) in [7, 11) is 0. The lowest BCUT2D eigenvalue weighted by molar-refractivity contribution is 0.719.